The van der Waals surface area contributed by atoms with Gasteiger partial charge >= 0.3 is 0 Å². The van der Waals surface area contributed by atoms with Crippen molar-refractivity contribution in [2.24, 2.45) is 5.10 Å². The van der Waals surface area contributed by atoms with Gasteiger partial charge in [-0.05, 0) is 49.8 Å². The summed E-state index contributed by atoms with van der Waals surface area (Å²) in [6.07, 6.45) is 3.58. The highest BCUT2D eigenvalue weighted by molar-refractivity contribution is 7.80. The molecular weight excluding hydrogens is 378 g/mol. The van der Waals surface area contributed by atoms with Crippen molar-refractivity contribution in [3.8, 4) is 10.9 Å². The summed E-state index contributed by atoms with van der Waals surface area (Å²) in [5, 5.41) is 10.8. The molecule has 0 bridgehead atoms. The molecule has 27 heavy (non-hydrogen) atoms. The Kier molecular flexibility index (Phi) is 6.20. The maximum Gasteiger partial charge on any atom is 0.193 e. The van der Waals surface area contributed by atoms with E-state index in [-0.39, 0.29) is 0 Å². The molecule has 0 saturated heterocycles. The van der Waals surface area contributed by atoms with Crippen LogP contribution in [0.2, 0.25) is 0 Å². The number of methoxy groups -OCH3 is 1. The molecule has 1 aromatic carbocycles. The monoisotopic (exact) mass is 399 g/mol. The molecular formula is C19H21N5OS2. The second kappa shape index (κ2) is 8.79. The van der Waals surface area contributed by atoms with Crippen LogP contribution in [0.5, 0.6) is 5.75 Å². The molecule has 6 nitrogen and oxygen atoms in total. The van der Waals surface area contributed by atoms with Gasteiger partial charge in [0.2, 0.25) is 0 Å². The van der Waals surface area contributed by atoms with Crippen LogP contribution in [0.15, 0.2) is 47.0 Å². The zero-order chi connectivity index (χ0) is 19.2. The number of hydrazone groups is 1. The van der Waals surface area contributed by atoms with Crippen molar-refractivity contribution in [3.05, 3.63) is 64.4 Å². The second-order valence-electron chi connectivity index (χ2n) is 5.88. The summed E-state index contributed by atoms with van der Waals surface area (Å²) in [4.78, 5) is 4.38. The van der Waals surface area contributed by atoms with E-state index < -0.39 is 0 Å². The molecule has 8 heteroatoms. The van der Waals surface area contributed by atoms with Crippen molar-refractivity contribution in [2.45, 2.75) is 20.4 Å². The fourth-order valence-corrected chi connectivity index (χ4v) is 3.54. The van der Waals surface area contributed by atoms with Crippen molar-refractivity contribution in [2.75, 3.05) is 7.11 Å². The SMILES string of the molecule is COc1ccc(CNC(=S)N/N=C\c2cc(C)n(-c3nccs3)c2C)cc1. The lowest BCUT2D eigenvalue weighted by Gasteiger charge is -2.07. The Hall–Kier alpha value is -2.71. The first-order chi connectivity index (χ1) is 13.1. The van der Waals surface area contributed by atoms with Crippen LogP contribution in [0.4, 0.5) is 0 Å². The minimum absolute atomic E-state index is 0.468. The lowest BCUT2D eigenvalue weighted by atomic mass is 10.2. The van der Waals surface area contributed by atoms with Crippen molar-refractivity contribution in [1.82, 2.24) is 20.3 Å². The summed E-state index contributed by atoms with van der Waals surface area (Å²) in [5.74, 6) is 0.833. The summed E-state index contributed by atoms with van der Waals surface area (Å²) in [5.41, 5.74) is 7.19. The van der Waals surface area contributed by atoms with Crippen LogP contribution in [-0.2, 0) is 6.54 Å². The van der Waals surface area contributed by atoms with E-state index in [2.05, 4.69) is 45.3 Å². The molecule has 2 N–H and O–H groups in total. The highest BCUT2D eigenvalue weighted by Crippen LogP contribution is 2.21. The first-order valence-electron chi connectivity index (χ1n) is 8.37. The Morgan fingerprint density at radius 2 is 2.11 bits per heavy atom. The van der Waals surface area contributed by atoms with E-state index in [1.54, 1.807) is 30.9 Å². The highest BCUT2D eigenvalue weighted by Gasteiger charge is 2.10. The molecule has 0 atom stereocenters. The van der Waals surface area contributed by atoms with Crippen LogP contribution in [0.1, 0.15) is 22.5 Å². The average molecular weight is 400 g/mol. The quantitative estimate of drug-likeness (QED) is 0.377. The second-order valence-corrected chi connectivity index (χ2v) is 7.16. The number of thiazole rings is 1. The predicted molar refractivity (Wildman–Crippen MR) is 114 cm³/mol. The molecule has 3 rings (SSSR count). The number of thiocarbonyl (C=S) groups is 1. The number of benzene rings is 1. The number of hydrogen-bond acceptors (Lipinski definition) is 5. The van der Waals surface area contributed by atoms with Gasteiger partial charge in [-0.25, -0.2) is 4.98 Å². The smallest absolute Gasteiger partial charge is 0.193 e. The summed E-state index contributed by atoms with van der Waals surface area (Å²) in [7, 11) is 1.65. The number of rotatable bonds is 6. The number of hydrogen-bond donors (Lipinski definition) is 2. The zero-order valence-electron chi connectivity index (χ0n) is 15.4. The molecule has 3 aromatic rings. The molecule has 0 unspecified atom stereocenters. The minimum Gasteiger partial charge on any atom is -0.497 e. The topological polar surface area (TPSA) is 63.5 Å². The predicted octanol–water partition coefficient (Wildman–Crippen LogP) is 3.56. The molecule has 0 amide bonds. The molecule has 0 spiro atoms. The van der Waals surface area contributed by atoms with E-state index in [9.17, 15) is 0 Å². The Morgan fingerprint density at radius 1 is 1.33 bits per heavy atom. The van der Waals surface area contributed by atoms with E-state index in [4.69, 9.17) is 17.0 Å². The maximum atomic E-state index is 5.27. The van der Waals surface area contributed by atoms with Crippen LogP contribution < -0.4 is 15.5 Å². The summed E-state index contributed by atoms with van der Waals surface area (Å²) in [6, 6.07) is 9.90. The largest absolute Gasteiger partial charge is 0.497 e. The highest BCUT2D eigenvalue weighted by atomic mass is 32.1. The van der Waals surface area contributed by atoms with E-state index in [1.165, 1.54) is 0 Å². The molecule has 0 aliphatic rings. The molecule has 2 aromatic heterocycles. The van der Waals surface area contributed by atoms with E-state index in [0.717, 1.165) is 33.4 Å². The maximum absolute atomic E-state index is 5.27. The fraction of sp³-hybridized carbons (Fsp3) is 0.211. The van der Waals surface area contributed by atoms with Crippen LogP contribution >= 0.6 is 23.6 Å². The van der Waals surface area contributed by atoms with Crippen molar-refractivity contribution in [1.29, 1.82) is 0 Å². The number of ether oxygens (including phenoxy) is 1. The third kappa shape index (κ3) is 4.72. The van der Waals surface area contributed by atoms with E-state index in [1.807, 2.05) is 29.6 Å². The fourth-order valence-electron chi connectivity index (χ4n) is 2.66. The van der Waals surface area contributed by atoms with Gasteiger partial charge in [0.15, 0.2) is 10.2 Å². The van der Waals surface area contributed by atoms with Gasteiger partial charge in [0.05, 0.1) is 13.3 Å². The Morgan fingerprint density at radius 3 is 2.78 bits per heavy atom. The van der Waals surface area contributed by atoms with Gasteiger partial charge in [0.25, 0.3) is 0 Å². The van der Waals surface area contributed by atoms with Crippen LogP contribution in [0.25, 0.3) is 5.13 Å². The Bertz CT molecular complexity index is 930. The molecule has 140 valence electrons. The normalized spacial score (nSPS) is 10.9. The third-order valence-corrected chi connectivity index (χ3v) is 5.05. The number of aryl methyl sites for hydroxylation is 1. The van der Waals surface area contributed by atoms with E-state index >= 15 is 0 Å². The van der Waals surface area contributed by atoms with Gasteiger partial charge in [-0.1, -0.05) is 12.1 Å². The van der Waals surface area contributed by atoms with Crippen molar-refractivity contribution >= 4 is 34.9 Å². The Labute approximate surface area is 167 Å². The van der Waals surface area contributed by atoms with Gasteiger partial charge in [-0.15, -0.1) is 11.3 Å². The first-order valence-corrected chi connectivity index (χ1v) is 9.66. The summed E-state index contributed by atoms with van der Waals surface area (Å²) < 4.78 is 7.27. The zero-order valence-corrected chi connectivity index (χ0v) is 17.0. The van der Waals surface area contributed by atoms with Gasteiger partial charge in [-0.2, -0.15) is 5.10 Å². The van der Waals surface area contributed by atoms with Gasteiger partial charge in [0.1, 0.15) is 5.75 Å². The van der Waals surface area contributed by atoms with Crippen molar-refractivity contribution < 1.29 is 4.74 Å². The van der Waals surface area contributed by atoms with E-state index in [0.29, 0.717) is 11.7 Å². The van der Waals surface area contributed by atoms with Crippen LogP contribution in [-0.4, -0.2) is 28.0 Å². The van der Waals surface area contributed by atoms with Crippen LogP contribution in [0.3, 0.4) is 0 Å². The van der Waals surface area contributed by atoms with Gasteiger partial charge in [-0.3, -0.25) is 9.99 Å². The van der Waals surface area contributed by atoms with Gasteiger partial charge in [0, 0.05) is 35.1 Å². The number of nitrogens with zero attached hydrogens (tertiary/aromatic N) is 3. The lowest BCUT2D eigenvalue weighted by Crippen LogP contribution is -2.31. The minimum atomic E-state index is 0.468. The molecule has 0 aliphatic heterocycles. The van der Waals surface area contributed by atoms with Crippen LogP contribution in [0, 0.1) is 13.8 Å². The molecule has 0 radical (unpaired) electrons. The molecule has 0 saturated carbocycles. The Balaban J connectivity index is 1.55. The standard InChI is InChI=1S/C19H21N5OS2/c1-13-10-16(14(2)24(13)19-20-8-9-27-19)12-22-23-18(26)21-11-15-4-6-17(25-3)7-5-15/h4-10,12H,11H2,1-3H3,(H2,21,23,26)/b22-12-. The molecule has 2 heterocycles. The summed E-state index contributed by atoms with van der Waals surface area (Å²) >= 11 is 6.88. The number of aromatic nitrogens is 2. The summed E-state index contributed by atoms with van der Waals surface area (Å²) in [6.45, 7) is 4.72. The average Bonchev–Trinajstić information content (AvgIpc) is 3.28. The first kappa shape index (κ1) is 19.1. The molecule has 0 aliphatic carbocycles. The lowest BCUT2D eigenvalue weighted by molar-refractivity contribution is 0.414. The number of nitrogens with one attached hydrogen (secondary N) is 2. The molecule has 0 fully saturated rings. The van der Waals surface area contributed by atoms with Crippen molar-refractivity contribution in [3.63, 3.8) is 0 Å². The van der Waals surface area contributed by atoms with Gasteiger partial charge < -0.3 is 10.1 Å². The third-order valence-electron chi connectivity index (χ3n) is 4.06.